The largest absolute Gasteiger partial charge is 0.483 e. The minimum atomic E-state index is -0.766. The van der Waals surface area contributed by atoms with Crippen LogP contribution in [0.15, 0.2) is 0 Å². The standard InChI is InChI=1S/C4H7O2.C2H6O.Zr/c1-2-3-4(5)6;1-2-3;/h2H,3H2,1H3,(H,5,6);3H,2H2,1H3;/q-1;;. The summed E-state index contributed by atoms with van der Waals surface area (Å²) in [5.41, 5.74) is 0. The van der Waals surface area contributed by atoms with Crippen LogP contribution in [0.5, 0.6) is 0 Å². The molecule has 0 aliphatic carbocycles. The zero-order valence-electron chi connectivity index (χ0n) is 6.29. The molecule has 0 aliphatic rings. The van der Waals surface area contributed by atoms with Gasteiger partial charge in [-0.2, -0.15) is 6.92 Å². The Hall–Kier alpha value is 0.313. The summed E-state index contributed by atoms with van der Waals surface area (Å²) in [6.07, 6.45) is 1.77. The van der Waals surface area contributed by atoms with Crippen LogP contribution < -0.4 is 0 Å². The van der Waals surface area contributed by atoms with Crippen LogP contribution >= 0.6 is 0 Å². The van der Waals surface area contributed by atoms with Crippen molar-refractivity contribution in [3.63, 3.8) is 0 Å². The number of aliphatic hydroxyl groups excluding tert-OH is 1. The number of aliphatic carboxylic acids is 1. The van der Waals surface area contributed by atoms with E-state index in [1.807, 2.05) is 0 Å². The Balaban J connectivity index is -0.000000107. The Labute approximate surface area is 80.6 Å². The zero-order chi connectivity index (χ0) is 7.70. The molecule has 0 aromatic rings. The molecule has 0 fully saturated rings. The van der Waals surface area contributed by atoms with Crippen LogP contribution in [0.1, 0.15) is 20.3 Å². The molecular formula is C6H13O3Zr-. The quantitative estimate of drug-likeness (QED) is 0.678. The molecule has 0 bridgehead atoms. The first-order chi connectivity index (χ1) is 4.18. The van der Waals surface area contributed by atoms with Crippen LogP contribution in [0.25, 0.3) is 0 Å². The maximum absolute atomic E-state index is 9.57. The fourth-order valence-corrected chi connectivity index (χ4v) is 0.175. The maximum atomic E-state index is 9.57. The van der Waals surface area contributed by atoms with Crippen molar-refractivity contribution in [1.82, 2.24) is 0 Å². The van der Waals surface area contributed by atoms with Crippen molar-refractivity contribution < 1.29 is 41.2 Å². The van der Waals surface area contributed by atoms with E-state index in [2.05, 4.69) is 0 Å². The smallest absolute Gasteiger partial charge is 0.273 e. The summed E-state index contributed by atoms with van der Waals surface area (Å²) >= 11 is 0. The molecule has 0 spiro atoms. The number of carboxylic acid groups (broad SMARTS) is 1. The number of aliphatic hydroxyl groups is 1. The van der Waals surface area contributed by atoms with Gasteiger partial charge in [0.15, 0.2) is 0 Å². The van der Waals surface area contributed by atoms with Gasteiger partial charge in [-0.25, -0.2) is 0 Å². The predicted octanol–water partition coefficient (Wildman–Crippen LogP) is 0.681. The van der Waals surface area contributed by atoms with Crippen molar-refractivity contribution in [3.8, 4) is 0 Å². The van der Waals surface area contributed by atoms with Gasteiger partial charge >= 0.3 is 0 Å². The van der Waals surface area contributed by atoms with Gasteiger partial charge in [-0.3, -0.25) is 4.79 Å². The second-order valence-electron chi connectivity index (χ2n) is 1.32. The van der Waals surface area contributed by atoms with Crippen molar-refractivity contribution in [2.24, 2.45) is 0 Å². The predicted molar refractivity (Wildman–Crippen MR) is 35.0 cm³/mol. The molecule has 3 nitrogen and oxygen atoms in total. The van der Waals surface area contributed by atoms with Crippen LogP contribution in [0, 0.1) is 6.42 Å². The monoisotopic (exact) mass is 223 g/mol. The van der Waals surface area contributed by atoms with E-state index >= 15 is 0 Å². The summed E-state index contributed by atoms with van der Waals surface area (Å²) in [7, 11) is 0. The van der Waals surface area contributed by atoms with Gasteiger partial charge in [0.2, 0.25) is 0 Å². The fraction of sp³-hybridized carbons (Fsp3) is 0.667. The van der Waals surface area contributed by atoms with E-state index < -0.39 is 5.97 Å². The van der Waals surface area contributed by atoms with E-state index in [0.29, 0.717) is 0 Å². The first-order valence-corrected chi connectivity index (χ1v) is 2.79. The number of hydrogen-bond donors (Lipinski definition) is 2. The second kappa shape index (κ2) is 16.1. The summed E-state index contributed by atoms with van der Waals surface area (Å²) in [5.74, 6) is -0.766. The Morgan fingerprint density at radius 1 is 1.60 bits per heavy atom. The summed E-state index contributed by atoms with van der Waals surface area (Å²) < 4.78 is 0. The zero-order valence-corrected chi connectivity index (χ0v) is 8.75. The molecule has 0 atom stereocenters. The summed E-state index contributed by atoms with van der Waals surface area (Å²) in [5, 5.41) is 15.5. The Kier molecular flexibility index (Phi) is 27.0. The van der Waals surface area contributed by atoms with Crippen LogP contribution in [0.2, 0.25) is 0 Å². The number of carboxylic acids is 1. The summed E-state index contributed by atoms with van der Waals surface area (Å²) in [4.78, 5) is 9.57. The van der Waals surface area contributed by atoms with Crippen LogP contribution in [0.3, 0.4) is 0 Å². The van der Waals surface area contributed by atoms with Gasteiger partial charge < -0.3 is 16.6 Å². The molecule has 0 amide bonds. The first-order valence-electron chi connectivity index (χ1n) is 2.79. The van der Waals surface area contributed by atoms with Gasteiger partial charge in [0.05, 0.1) is 0 Å². The second-order valence-corrected chi connectivity index (χ2v) is 1.32. The van der Waals surface area contributed by atoms with Crippen LogP contribution in [-0.4, -0.2) is 22.8 Å². The third-order valence-electron chi connectivity index (χ3n) is 0.379. The Morgan fingerprint density at radius 3 is 1.90 bits per heavy atom. The molecule has 10 heavy (non-hydrogen) atoms. The Bertz CT molecular complexity index is 66.0. The van der Waals surface area contributed by atoms with E-state index in [0.717, 1.165) is 0 Å². The molecule has 0 heterocycles. The molecule has 0 aromatic heterocycles. The third-order valence-corrected chi connectivity index (χ3v) is 0.379. The van der Waals surface area contributed by atoms with Crippen molar-refractivity contribution in [1.29, 1.82) is 0 Å². The summed E-state index contributed by atoms with van der Waals surface area (Å²) in [6.45, 7) is 3.65. The third kappa shape index (κ3) is 40.5. The van der Waals surface area contributed by atoms with Crippen molar-refractivity contribution in [2.45, 2.75) is 20.3 Å². The van der Waals surface area contributed by atoms with E-state index in [4.69, 9.17) is 10.2 Å². The minimum Gasteiger partial charge on any atom is -0.483 e. The molecule has 0 saturated heterocycles. The van der Waals surface area contributed by atoms with E-state index in [-0.39, 0.29) is 39.2 Å². The van der Waals surface area contributed by atoms with E-state index in [1.54, 1.807) is 20.3 Å². The van der Waals surface area contributed by atoms with E-state index in [1.165, 1.54) is 0 Å². The molecule has 0 aliphatic heterocycles. The first kappa shape index (κ1) is 16.7. The number of hydrogen-bond acceptors (Lipinski definition) is 2. The molecular weight excluding hydrogens is 211 g/mol. The molecule has 0 unspecified atom stereocenters. The van der Waals surface area contributed by atoms with Crippen molar-refractivity contribution in [3.05, 3.63) is 6.42 Å². The van der Waals surface area contributed by atoms with Gasteiger partial charge in [0.1, 0.15) is 0 Å². The fourth-order valence-electron chi connectivity index (χ4n) is 0.175. The van der Waals surface area contributed by atoms with Crippen molar-refractivity contribution >= 4 is 5.97 Å². The molecule has 60 valence electrons. The molecule has 4 heteroatoms. The summed E-state index contributed by atoms with van der Waals surface area (Å²) in [6, 6.07) is 0. The van der Waals surface area contributed by atoms with Crippen LogP contribution in [-0.2, 0) is 31.0 Å². The minimum absolute atomic E-state index is 0. The van der Waals surface area contributed by atoms with Crippen LogP contribution in [0.4, 0.5) is 0 Å². The average molecular weight is 224 g/mol. The maximum Gasteiger partial charge on any atom is 0.273 e. The average Bonchev–Trinajstić information content (AvgIpc) is 1.67. The van der Waals surface area contributed by atoms with Gasteiger partial charge in [-0.1, -0.05) is 6.42 Å². The molecule has 0 radical (unpaired) electrons. The molecule has 0 saturated carbocycles. The molecule has 0 aromatic carbocycles. The van der Waals surface area contributed by atoms with Gasteiger partial charge in [-0.15, -0.1) is 0 Å². The van der Waals surface area contributed by atoms with Gasteiger partial charge in [0.25, 0.3) is 5.97 Å². The SMILES string of the molecule is CCO.C[CH-]CC(=O)O.[Zr]. The Morgan fingerprint density at radius 2 is 1.90 bits per heavy atom. The topological polar surface area (TPSA) is 57.5 Å². The molecule has 0 rings (SSSR count). The number of rotatable bonds is 2. The van der Waals surface area contributed by atoms with Gasteiger partial charge in [-0.05, 0) is 6.92 Å². The van der Waals surface area contributed by atoms with Gasteiger partial charge in [0, 0.05) is 32.8 Å². The van der Waals surface area contributed by atoms with Crippen molar-refractivity contribution in [2.75, 3.05) is 6.61 Å². The normalized spacial score (nSPS) is 6.70. The molecule has 2 N–H and O–H groups in total. The number of carbonyl (C=O) groups is 1. The van der Waals surface area contributed by atoms with E-state index in [9.17, 15) is 4.79 Å².